The average molecular weight is 293 g/mol. The van der Waals surface area contributed by atoms with Gasteiger partial charge in [-0.05, 0) is 20.3 Å². The summed E-state index contributed by atoms with van der Waals surface area (Å²) in [7, 11) is 0. The number of nitrogens with zero attached hydrogens (tertiary/aromatic N) is 4. The third-order valence-electron chi connectivity index (χ3n) is 3.81. The second-order valence-corrected chi connectivity index (χ2v) is 5.25. The molecule has 0 saturated carbocycles. The van der Waals surface area contributed by atoms with Gasteiger partial charge in [0.15, 0.2) is 11.2 Å². The first-order valence-electron chi connectivity index (χ1n) is 7.47. The molecule has 7 nitrogen and oxygen atoms in total. The zero-order chi connectivity index (χ0) is 15.6. The minimum absolute atomic E-state index is 0.0369. The Kier molecular flexibility index (Phi) is 4.62. The maximum atomic E-state index is 12.6. The monoisotopic (exact) mass is 293 g/mol. The number of hydrogen-bond donors (Lipinski definition) is 1. The fourth-order valence-electron chi connectivity index (χ4n) is 2.45. The topological polar surface area (TPSA) is 87.8 Å². The molecule has 0 aliphatic rings. The highest BCUT2D eigenvalue weighted by molar-refractivity contribution is 5.70. The van der Waals surface area contributed by atoms with Crippen LogP contribution in [-0.2, 0) is 13.1 Å². The summed E-state index contributed by atoms with van der Waals surface area (Å²) in [6, 6.07) is -0.0369. The Morgan fingerprint density at radius 2 is 2.00 bits per heavy atom. The van der Waals surface area contributed by atoms with Gasteiger partial charge in [-0.3, -0.25) is 13.9 Å². The summed E-state index contributed by atoms with van der Waals surface area (Å²) in [5, 5.41) is 0. The van der Waals surface area contributed by atoms with Crippen LogP contribution in [0.3, 0.4) is 0 Å². The Morgan fingerprint density at radius 3 is 2.57 bits per heavy atom. The molecule has 0 radical (unpaired) electrons. The molecule has 0 bridgehead atoms. The molecule has 0 spiro atoms. The maximum Gasteiger partial charge on any atom is 0.332 e. The van der Waals surface area contributed by atoms with Crippen LogP contribution in [0.15, 0.2) is 15.9 Å². The first-order valence-corrected chi connectivity index (χ1v) is 7.47. The lowest BCUT2D eigenvalue weighted by atomic mass is 10.3. The minimum atomic E-state index is -0.289. The molecule has 7 heteroatoms. The first kappa shape index (κ1) is 15.5. The van der Waals surface area contributed by atoms with Gasteiger partial charge in [0.25, 0.3) is 5.56 Å². The fraction of sp³-hybridized carbons (Fsp3) is 0.643. The lowest BCUT2D eigenvalue weighted by molar-refractivity contribution is 0.549. The highest BCUT2D eigenvalue weighted by Crippen LogP contribution is 2.13. The van der Waals surface area contributed by atoms with Crippen molar-refractivity contribution in [1.82, 2.24) is 18.7 Å². The molecule has 0 saturated heterocycles. The summed E-state index contributed by atoms with van der Waals surface area (Å²) in [5.41, 5.74) is 6.05. The van der Waals surface area contributed by atoms with Crippen LogP contribution in [0, 0.1) is 0 Å². The molecule has 2 N–H and O–H groups in total. The summed E-state index contributed by atoms with van der Waals surface area (Å²) < 4.78 is 4.63. The number of aryl methyl sites for hydroxylation is 1. The van der Waals surface area contributed by atoms with Gasteiger partial charge >= 0.3 is 5.69 Å². The number of nitrogens with two attached hydrogens (primary N) is 1. The third kappa shape index (κ3) is 2.53. The second-order valence-electron chi connectivity index (χ2n) is 5.25. The predicted molar refractivity (Wildman–Crippen MR) is 82.6 cm³/mol. The van der Waals surface area contributed by atoms with E-state index in [1.807, 2.05) is 6.92 Å². The number of rotatable bonds is 6. The van der Waals surface area contributed by atoms with Gasteiger partial charge < -0.3 is 10.3 Å². The van der Waals surface area contributed by atoms with Crippen LogP contribution in [0.4, 0.5) is 0 Å². The van der Waals surface area contributed by atoms with E-state index in [0.717, 1.165) is 12.8 Å². The number of imidazole rings is 1. The van der Waals surface area contributed by atoms with E-state index in [9.17, 15) is 9.59 Å². The summed E-state index contributed by atoms with van der Waals surface area (Å²) in [6.45, 7) is 7.12. The lowest BCUT2D eigenvalue weighted by Gasteiger charge is -2.14. The van der Waals surface area contributed by atoms with Crippen LogP contribution >= 0.6 is 0 Å². The molecule has 0 aromatic carbocycles. The number of fused-ring (bicyclic) bond motifs is 1. The van der Waals surface area contributed by atoms with Gasteiger partial charge in [-0.25, -0.2) is 9.78 Å². The molecule has 2 heterocycles. The van der Waals surface area contributed by atoms with Gasteiger partial charge in [-0.15, -0.1) is 0 Å². The summed E-state index contributed by atoms with van der Waals surface area (Å²) in [6.07, 6.45) is 3.45. The first-order chi connectivity index (χ1) is 10.1. The van der Waals surface area contributed by atoms with Crippen LogP contribution in [-0.4, -0.2) is 25.2 Å². The summed E-state index contributed by atoms with van der Waals surface area (Å²) in [5.74, 6) is 0. The van der Waals surface area contributed by atoms with Gasteiger partial charge in [0, 0.05) is 25.7 Å². The van der Waals surface area contributed by atoms with Crippen molar-refractivity contribution in [2.24, 2.45) is 5.73 Å². The molecule has 0 aliphatic carbocycles. The van der Waals surface area contributed by atoms with Crippen molar-refractivity contribution < 1.29 is 0 Å². The Hall–Kier alpha value is -1.89. The Morgan fingerprint density at radius 1 is 1.29 bits per heavy atom. The Labute approximate surface area is 123 Å². The number of unbranched alkanes of at least 4 members (excludes halogenated alkanes) is 1. The quantitative estimate of drug-likeness (QED) is 0.849. The fourth-order valence-corrected chi connectivity index (χ4v) is 2.45. The zero-order valence-electron chi connectivity index (χ0n) is 12.9. The maximum absolute atomic E-state index is 12.6. The molecule has 1 atom stereocenters. The van der Waals surface area contributed by atoms with E-state index in [1.54, 1.807) is 22.4 Å². The van der Waals surface area contributed by atoms with Crippen LogP contribution in [0.5, 0.6) is 0 Å². The molecular formula is C14H23N5O2. The van der Waals surface area contributed by atoms with Crippen LogP contribution in [0.1, 0.15) is 39.7 Å². The van der Waals surface area contributed by atoms with E-state index >= 15 is 0 Å². The summed E-state index contributed by atoms with van der Waals surface area (Å²) >= 11 is 0. The van der Waals surface area contributed by atoms with Gasteiger partial charge in [-0.1, -0.05) is 13.3 Å². The van der Waals surface area contributed by atoms with E-state index in [4.69, 9.17) is 5.73 Å². The molecule has 0 amide bonds. The molecule has 116 valence electrons. The van der Waals surface area contributed by atoms with E-state index < -0.39 is 0 Å². The second kappa shape index (κ2) is 6.26. The summed E-state index contributed by atoms with van der Waals surface area (Å²) in [4.78, 5) is 29.3. The van der Waals surface area contributed by atoms with E-state index in [1.165, 1.54) is 4.57 Å². The Bertz CT molecular complexity index is 740. The van der Waals surface area contributed by atoms with E-state index in [0.29, 0.717) is 30.8 Å². The van der Waals surface area contributed by atoms with Crippen molar-refractivity contribution in [2.45, 2.75) is 52.7 Å². The number of aromatic nitrogens is 4. The van der Waals surface area contributed by atoms with Crippen LogP contribution < -0.4 is 17.0 Å². The molecular weight excluding hydrogens is 270 g/mol. The molecule has 0 fully saturated rings. The molecule has 2 aromatic heterocycles. The van der Waals surface area contributed by atoms with Crippen molar-refractivity contribution in [3.05, 3.63) is 27.2 Å². The van der Waals surface area contributed by atoms with Crippen molar-refractivity contribution in [3.63, 3.8) is 0 Å². The lowest BCUT2D eigenvalue weighted by Crippen LogP contribution is -2.40. The van der Waals surface area contributed by atoms with E-state index in [-0.39, 0.29) is 17.3 Å². The van der Waals surface area contributed by atoms with Crippen molar-refractivity contribution in [3.8, 4) is 0 Å². The van der Waals surface area contributed by atoms with Gasteiger partial charge in [-0.2, -0.15) is 0 Å². The molecule has 2 rings (SSSR count). The molecule has 1 unspecified atom stereocenters. The highest BCUT2D eigenvalue weighted by atomic mass is 16.2. The molecule has 21 heavy (non-hydrogen) atoms. The smallest absolute Gasteiger partial charge is 0.328 e. The Balaban J connectivity index is 2.81. The molecule has 0 aliphatic heterocycles. The standard InChI is InChI=1S/C14H23N5O2/c1-4-6-7-18-12-11(13(20)17(5-2)14(18)21)19(9-16-12)10(3)8-15/h9-10H,4-8,15H2,1-3H3. The van der Waals surface area contributed by atoms with Crippen LogP contribution in [0.2, 0.25) is 0 Å². The van der Waals surface area contributed by atoms with E-state index in [2.05, 4.69) is 11.9 Å². The van der Waals surface area contributed by atoms with Crippen molar-refractivity contribution in [1.29, 1.82) is 0 Å². The average Bonchev–Trinajstić information content (AvgIpc) is 2.92. The predicted octanol–water partition coefficient (Wildman–Crippen LogP) is 0.699. The molecule has 2 aromatic rings. The van der Waals surface area contributed by atoms with Gasteiger partial charge in [0.05, 0.1) is 6.33 Å². The SMILES string of the molecule is CCCCn1c(=O)n(CC)c(=O)c2c1ncn2C(C)CN. The normalized spacial score (nSPS) is 13.0. The van der Waals surface area contributed by atoms with Gasteiger partial charge in [0.1, 0.15) is 0 Å². The number of hydrogen-bond acceptors (Lipinski definition) is 4. The van der Waals surface area contributed by atoms with Gasteiger partial charge in [0.2, 0.25) is 0 Å². The van der Waals surface area contributed by atoms with Crippen LogP contribution in [0.25, 0.3) is 11.2 Å². The highest BCUT2D eigenvalue weighted by Gasteiger charge is 2.18. The van der Waals surface area contributed by atoms with Crippen molar-refractivity contribution >= 4 is 11.2 Å². The zero-order valence-corrected chi connectivity index (χ0v) is 12.9. The van der Waals surface area contributed by atoms with Crippen molar-refractivity contribution in [2.75, 3.05) is 6.54 Å². The minimum Gasteiger partial charge on any atom is -0.328 e. The third-order valence-corrected chi connectivity index (χ3v) is 3.81. The largest absolute Gasteiger partial charge is 0.332 e.